The summed E-state index contributed by atoms with van der Waals surface area (Å²) in [6.07, 6.45) is -3.09. The molecule has 5 heteroatoms. The highest BCUT2D eigenvalue weighted by molar-refractivity contribution is 5.56. The molecule has 4 N–H and O–H groups in total. The van der Waals surface area contributed by atoms with Gasteiger partial charge in [-0.3, -0.25) is 0 Å². The van der Waals surface area contributed by atoms with E-state index < -0.39 is 23.9 Å². The summed E-state index contributed by atoms with van der Waals surface area (Å²) in [5, 5.41) is 37.6. The average Bonchev–Trinajstić information content (AvgIpc) is 2.97. The second kappa shape index (κ2) is 3.94. The molecule has 0 aromatic heterocycles. The maximum Gasteiger partial charge on any atom is 0.151 e. The lowest BCUT2D eigenvalue weighted by molar-refractivity contribution is -0.157. The lowest BCUT2D eigenvalue weighted by Crippen LogP contribution is -2.52. The summed E-state index contributed by atoms with van der Waals surface area (Å²) >= 11 is 0. The van der Waals surface area contributed by atoms with E-state index >= 15 is 0 Å². The highest BCUT2D eigenvalue weighted by atomic mass is 16.4. The van der Waals surface area contributed by atoms with E-state index in [1.54, 1.807) is 0 Å². The van der Waals surface area contributed by atoms with Crippen LogP contribution in [0.1, 0.15) is 19.8 Å². The first-order valence-corrected chi connectivity index (χ1v) is 4.63. The Labute approximate surface area is 82.0 Å². The fraction of sp³-hybridized carbons (Fsp3) is 0.889. The van der Waals surface area contributed by atoms with Crippen molar-refractivity contribution in [2.24, 2.45) is 5.92 Å². The smallest absolute Gasteiger partial charge is 0.151 e. The van der Waals surface area contributed by atoms with Crippen molar-refractivity contribution in [3.63, 3.8) is 0 Å². The van der Waals surface area contributed by atoms with Gasteiger partial charge >= 0.3 is 0 Å². The lowest BCUT2D eigenvalue weighted by atomic mass is 9.88. The van der Waals surface area contributed by atoms with Crippen molar-refractivity contribution >= 4 is 6.29 Å². The first-order valence-electron chi connectivity index (χ1n) is 4.63. The van der Waals surface area contributed by atoms with Crippen LogP contribution in [0.25, 0.3) is 0 Å². The molecule has 82 valence electrons. The molecular formula is C9H16O5. The van der Waals surface area contributed by atoms with Crippen molar-refractivity contribution in [2.45, 2.75) is 43.7 Å². The molecule has 0 bridgehead atoms. The molecular weight excluding hydrogens is 188 g/mol. The van der Waals surface area contributed by atoms with Crippen LogP contribution in [0.4, 0.5) is 0 Å². The van der Waals surface area contributed by atoms with Gasteiger partial charge < -0.3 is 25.2 Å². The molecule has 1 rings (SSSR count). The number of carbonyl (C=O) groups is 1. The van der Waals surface area contributed by atoms with E-state index in [2.05, 4.69) is 0 Å². The fourth-order valence-electron chi connectivity index (χ4n) is 1.52. The zero-order chi connectivity index (χ0) is 10.9. The van der Waals surface area contributed by atoms with Gasteiger partial charge in [0.25, 0.3) is 0 Å². The van der Waals surface area contributed by atoms with E-state index in [-0.39, 0.29) is 12.2 Å². The summed E-state index contributed by atoms with van der Waals surface area (Å²) in [4.78, 5) is 10.2. The van der Waals surface area contributed by atoms with Gasteiger partial charge in [-0.1, -0.05) is 0 Å². The van der Waals surface area contributed by atoms with E-state index in [1.807, 2.05) is 0 Å². The van der Waals surface area contributed by atoms with Crippen LogP contribution in [-0.4, -0.2) is 50.6 Å². The molecule has 1 aliphatic rings. The van der Waals surface area contributed by atoms with Crippen LogP contribution < -0.4 is 0 Å². The molecule has 1 fully saturated rings. The number of carbonyl (C=O) groups excluding carboxylic acids is 1. The van der Waals surface area contributed by atoms with E-state index in [4.69, 9.17) is 5.11 Å². The Balaban J connectivity index is 2.62. The Morgan fingerprint density at radius 1 is 1.36 bits per heavy atom. The minimum atomic E-state index is -1.66. The van der Waals surface area contributed by atoms with Gasteiger partial charge in [0.05, 0.1) is 5.60 Å². The highest BCUT2D eigenvalue weighted by Crippen LogP contribution is 2.42. The van der Waals surface area contributed by atoms with Crippen LogP contribution in [-0.2, 0) is 4.79 Å². The SMILES string of the molecule is C[C@](O)(C1CC1)[C@H](O)[C@H](O)[C@@H](O)C=O. The van der Waals surface area contributed by atoms with E-state index in [9.17, 15) is 20.1 Å². The number of hydrogen-bond acceptors (Lipinski definition) is 5. The second-order valence-corrected chi connectivity index (χ2v) is 4.06. The Morgan fingerprint density at radius 3 is 2.21 bits per heavy atom. The molecule has 0 aromatic carbocycles. The molecule has 0 aliphatic heterocycles. The van der Waals surface area contributed by atoms with E-state index in [1.165, 1.54) is 6.92 Å². The predicted molar refractivity (Wildman–Crippen MR) is 47.4 cm³/mol. The maximum absolute atomic E-state index is 10.2. The van der Waals surface area contributed by atoms with Gasteiger partial charge in [-0.2, -0.15) is 0 Å². The normalized spacial score (nSPS) is 27.5. The molecule has 0 saturated heterocycles. The zero-order valence-corrected chi connectivity index (χ0v) is 8.00. The average molecular weight is 204 g/mol. The maximum atomic E-state index is 10.2. The Morgan fingerprint density at radius 2 is 1.86 bits per heavy atom. The molecule has 0 heterocycles. The third-order valence-electron chi connectivity index (χ3n) is 2.82. The molecule has 0 aromatic rings. The number of aliphatic hydroxyl groups excluding tert-OH is 3. The number of hydrogen-bond donors (Lipinski definition) is 4. The first kappa shape index (κ1) is 11.6. The quantitative estimate of drug-likeness (QED) is 0.405. The van der Waals surface area contributed by atoms with Crippen molar-refractivity contribution in [3.05, 3.63) is 0 Å². The van der Waals surface area contributed by atoms with Crippen LogP contribution in [0, 0.1) is 5.92 Å². The van der Waals surface area contributed by atoms with Crippen molar-refractivity contribution in [2.75, 3.05) is 0 Å². The monoisotopic (exact) mass is 204 g/mol. The van der Waals surface area contributed by atoms with Crippen molar-refractivity contribution < 1.29 is 25.2 Å². The first-order chi connectivity index (χ1) is 6.41. The summed E-state index contributed by atoms with van der Waals surface area (Å²) in [7, 11) is 0. The molecule has 1 saturated carbocycles. The Hall–Kier alpha value is -0.490. The lowest BCUT2D eigenvalue weighted by Gasteiger charge is -2.33. The van der Waals surface area contributed by atoms with Gasteiger partial charge in [0.15, 0.2) is 6.29 Å². The van der Waals surface area contributed by atoms with E-state index in [0.717, 1.165) is 12.8 Å². The third kappa shape index (κ3) is 2.12. The van der Waals surface area contributed by atoms with Gasteiger partial charge in [0, 0.05) is 0 Å². The van der Waals surface area contributed by atoms with Gasteiger partial charge in [-0.15, -0.1) is 0 Å². The molecule has 4 atom stereocenters. The van der Waals surface area contributed by atoms with Gasteiger partial charge in [0.2, 0.25) is 0 Å². The molecule has 0 unspecified atom stereocenters. The van der Waals surface area contributed by atoms with Gasteiger partial charge in [-0.25, -0.2) is 0 Å². The van der Waals surface area contributed by atoms with Crippen molar-refractivity contribution in [3.8, 4) is 0 Å². The number of aldehydes is 1. The number of aliphatic hydroxyl groups is 4. The zero-order valence-electron chi connectivity index (χ0n) is 8.00. The van der Waals surface area contributed by atoms with Gasteiger partial charge in [-0.05, 0) is 25.7 Å². The molecule has 1 aliphatic carbocycles. The van der Waals surface area contributed by atoms with E-state index in [0.29, 0.717) is 0 Å². The summed E-state index contributed by atoms with van der Waals surface area (Å²) in [6, 6.07) is 0. The minimum absolute atomic E-state index is 0.0639. The van der Waals surface area contributed by atoms with Crippen molar-refractivity contribution in [1.82, 2.24) is 0 Å². The van der Waals surface area contributed by atoms with Crippen LogP contribution in [0.3, 0.4) is 0 Å². The standard InChI is InChI=1S/C9H16O5/c1-9(14,5-2-3-5)8(13)7(12)6(11)4-10/h4-8,11-14H,2-3H2,1H3/t6-,7+,8+,9-/m0/s1. The van der Waals surface area contributed by atoms with Crippen LogP contribution in [0.15, 0.2) is 0 Å². The highest BCUT2D eigenvalue weighted by Gasteiger charge is 2.48. The molecule has 0 radical (unpaired) electrons. The van der Waals surface area contributed by atoms with Crippen LogP contribution in [0.5, 0.6) is 0 Å². The summed E-state index contributed by atoms with van der Waals surface area (Å²) in [5.41, 5.74) is -1.44. The van der Waals surface area contributed by atoms with Gasteiger partial charge in [0.1, 0.15) is 18.3 Å². The van der Waals surface area contributed by atoms with Crippen molar-refractivity contribution in [1.29, 1.82) is 0 Å². The second-order valence-electron chi connectivity index (χ2n) is 4.06. The fourth-order valence-corrected chi connectivity index (χ4v) is 1.52. The summed E-state index contributed by atoms with van der Waals surface area (Å²) in [5.74, 6) is -0.0639. The Kier molecular flexibility index (Phi) is 3.26. The Bertz CT molecular complexity index is 211. The topological polar surface area (TPSA) is 98.0 Å². The number of rotatable bonds is 5. The predicted octanol–water partition coefficient (Wildman–Crippen LogP) is -1.57. The molecule has 0 amide bonds. The third-order valence-corrected chi connectivity index (χ3v) is 2.82. The summed E-state index contributed by atoms with van der Waals surface area (Å²) < 4.78 is 0. The molecule has 14 heavy (non-hydrogen) atoms. The molecule has 5 nitrogen and oxygen atoms in total. The minimum Gasteiger partial charge on any atom is -0.387 e. The largest absolute Gasteiger partial charge is 0.387 e. The van der Waals surface area contributed by atoms with Crippen LogP contribution in [0.2, 0.25) is 0 Å². The van der Waals surface area contributed by atoms with Crippen LogP contribution >= 0.6 is 0 Å². The summed E-state index contributed by atoms with van der Waals surface area (Å²) in [6.45, 7) is 1.40. The molecule has 0 spiro atoms.